The molecule has 28 heavy (non-hydrogen) atoms. The number of nitrogens with zero attached hydrogens (tertiary/aromatic N) is 3. The number of imidazole rings is 1. The highest BCUT2D eigenvalue weighted by atomic mass is 32.1. The molecule has 0 radical (unpaired) electrons. The zero-order chi connectivity index (χ0) is 19.5. The summed E-state index contributed by atoms with van der Waals surface area (Å²) in [6.45, 7) is 3.23. The maximum Gasteiger partial charge on any atom is 0.272 e. The average Bonchev–Trinajstić information content (AvgIpc) is 3.33. The smallest absolute Gasteiger partial charge is 0.272 e. The van der Waals surface area contributed by atoms with Gasteiger partial charge in [0.25, 0.3) is 5.91 Å². The molecule has 2 heterocycles. The molecule has 0 bridgehead atoms. The maximum atomic E-state index is 13.2. The molecule has 0 atom stereocenters. The van der Waals surface area contributed by atoms with Crippen molar-refractivity contribution in [2.24, 2.45) is 0 Å². The molecule has 0 saturated carbocycles. The molecule has 0 N–H and O–H groups in total. The summed E-state index contributed by atoms with van der Waals surface area (Å²) in [5.74, 6) is 0.789. The van der Waals surface area contributed by atoms with Crippen molar-refractivity contribution in [3.8, 4) is 17.0 Å². The number of carbonyl (C=O) groups excluding carboxylic acids is 1. The van der Waals surface area contributed by atoms with Gasteiger partial charge in [0.15, 0.2) is 4.96 Å². The van der Waals surface area contributed by atoms with Crippen molar-refractivity contribution in [2.75, 3.05) is 13.7 Å². The van der Waals surface area contributed by atoms with Crippen LogP contribution >= 0.6 is 11.3 Å². The molecule has 0 fully saturated rings. The minimum atomic E-state index is 0.00666. The van der Waals surface area contributed by atoms with E-state index in [4.69, 9.17) is 4.74 Å². The highest BCUT2D eigenvalue weighted by molar-refractivity contribution is 7.15. The fourth-order valence-electron chi connectivity index (χ4n) is 3.15. The van der Waals surface area contributed by atoms with Crippen LogP contribution in [0.4, 0.5) is 0 Å². The number of rotatable bonds is 6. The minimum absolute atomic E-state index is 0.00666. The maximum absolute atomic E-state index is 13.2. The van der Waals surface area contributed by atoms with Gasteiger partial charge < -0.3 is 9.64 Å². The van der Waals surface area contributed by atoms with Crippen LogP contribution in [0.2, 0.25) is 0 Å². The van der Waals surface area contributed by atoms with E-state index >= 15 is 0 Å². The summed E-state index contributed by atoms with van der Waals surface area (Å²) in [6, 6.07) is 17.8. The lowest BCUT2D eigenvalue weighted by molar-refractivity contribution is 0.0746. The molecule has 4 rings (SSSR count). The summed E-state index contributed by atoms with van der Waals surface area (Å²) in [6.07, 6.45) is 1.92. The van der Waals surface area contributed by atoms with Gasteiger partial charge in [-0.05, 0) is 24.6 Å². The third kappa shape index (κ3) is 3.51. The Labute approximate surface area is 167 Å². The molecule has 0 spiro atoms. The lowest BCUT2D eigenvalue weighted by atomic mass is 10.1. The average molecular weight is 391 g/mol. The molecule has 6 heteroatoms. The molecule has 2 aromatic carbocycles. The van der Waals surface area contributed by atoms with Gasteiger partial charge in [0.2, 0.25) is 0 Å². The Balaban J connectivity index is 1.64. The largest absolute Gasteiger partial charge is 0.497 e. The summed E-state index contributed by atoms with van der Waals surface area (Å²) < 4.78 is 7.19. The van der Waals surface area contributed by atoms with Gasteiger partial charge in [-0.3, -0.25) is 9.20 Å². The second-order valence-corrected chi connectivity index (χ2v) is 7.27. The first-order chi connectivity index (χ1) is 13.7. The van der Waals surface area contributed by atoms with E-state index in [2.05, 4.69) is 4.98 Å². The molecule has 142 valence electrons. The molecule has 2 aromatic heterocycles. The second-order valence-electron chi connectivity index (χ2n) is 6.44. The predicted octanol–water partition coefficient (Wildman–Crippen LogP) is 4.73. The Hall–Kier alpha value is -3.12. The normalized spacial score (nSPS) is 10.9. The van der Waals surface area contributed by atoms with Gasteiger partial charge >= 0.3 is 0 Å². The fourth-order valence-corrected chi connectivity index (χ4v) is 4.00. The zero-order valence-corrected chi connectivity index (χ0v) is 16.6. The van der Waals surface area contributed by atoms with Crippen LogP contribution in [0.3, 0.4) is 0 Å². The van der Waals surface area contributed by atoms with E-state index in [1.807, 2.05) is 82.4 Å². The number of ether oxygens (including phenoxy) is 1. The lowest BCUT2D eigenvalue weighted by Crippen LogP contribution is -2.31. The molecule has 0 aliphatic heterocycles. The third-order valence-electron chi connectivity index (χ3n) is 4.68. The number of fused-ring (bicyclic) bond motifs is 1. The molecule has 0 aliphatic rings. The van der Waals surface area contributed by atoms with Crippen molar-refractivity contribution in [3.05, 3.63) is 77.4 Å². The van der Waals surface area contributed by atoms with Crippen LogP contribution in [0.5, 0.6) is 5.75 Å². The van der Waals surface area contributed by atoms with E-state index in [1.54, 1.807) is 7.11 Å². The Morgan fingerprint density at radius 1 is 1.18 bits per heavy atom. The van der Waals surface area contributed by atoms with Crippen LogP contribution in [0.15, 0.2) is 66.2 Å². The molecule has 1 amide bonds. The number of hydrogen-bond acceptors (Lipinski definition) is 4. The first-order valence-electron chi connectivity index (χ1n) is 9.14. The first kappa shape index (κ1) is 18.3. The van der Waals surface area contributed by atoms with Crippen molar-refractivity contribution in [1.29, 1.82) is 0 Å². The summed E-state index contributed by atoms with van der Waals surface area (Å²) in [5.41, 5.74) is 3.54. The van der Waals surface area contributed by atoms with Gasteiger partial charge in [0.1, 0.15) is 11.4 Å². The summed E-state index contributed by atoms with van der Waals surface area (Å²) in [4.78, 5) is 20.5. The number of methoxy groups -OCH3 is 1. The number of amides is 1. The second kappa shape index (κ2) is 7.86. The van der Waals surface area contributed by atoms with Crippen molar-refractivity contribution in [1.82, 2.24) is 14.3 Å². The number of thiazole rings is 1. The Kier molecular flexibility index (Phi) is 5.12. The van der Waals surface area contributed by atoms with E-state index < -0.39 is 0 Å². The molecule has 5 nitrogen and oxygen atoms in total. The number of hydrogen-bond donors (Lipinski definition) is 0. The number of aromatic nitrogens is 2. The van der Waals surface area contributed by atoms with Crippen LogP contribution in [0.1, 0.15) is 23.0 Å². The zero-order valence-electron chi connectivity index (χ0n) is 15.8. The predicted molar refractivity (Wildman–Crippen MR) is 112 cm³/mol. The number of benzene rings is 2. The third-order valence-corrected chi connectivity index (χ3v) is 5.52. The van der Waals surface area contributed by atoms with Crippen LogP contribution in [-0.2, 0) is 6.54 Å². The lowest BCUT2D eigenvalue weighted by Gasteiger charge is -2.20. The summed E-state index contributed by atoms with van der Waals surface area (Å²) in [5, 5.41) is 1.88. The van der Waals surface area contributed by atoms with Crippen molar-refractivity contribution in [2.45, 2.75) is 13.5 Å². The molecular formula is C22H21N3O2S. The molecular weight excluding hydrogens is 370 g/mol. The topological polar surface area (TPSA) is 46.8 Å². The monoisotopic (exact) mass is 391 g/mol. The van der Waals surface area contributed by atoms with Gasteiger partial charge in [0.05, 0.1) is 12.8 Å². The first-order valence-corrected chi connectivity index (χ1v) is 10.0. The SMILES string of the molecule is CCN(Cc1ccccc1)C(=O)c1csc2nc(-c3cccc(OC)c3)cn12. The van der Waals surface area contributed by atoms with Gasteiger partial charge in [-0.15, -0.1) is 11.3 Å². The molecule has 0 saturated heterocycles. The van der Waals surface area contributed by atoms with Crippen LogP contribution in [0, 0.1) is 0 Å². The van der Waals surface area contributed by atoms with Crippen molar-refractivity contribution >= 4 is 22.2 Å². The molecule has 0 unspecified atom stereocenters. The van der Waals surface area contributed by atoms with Gasteiger partial charge in [-0.1, -0.05) is 42.5 Å². The Morgan fingerprint density at radius 2 is 2.00 bits per heavy atom. The number of carbonyl (C=O) groups is 1. The van der Waals surface area contributed by atoms with Crippen LogP contribution in [0.25, 0.3) is 16.2 Å². The summed E-state index contributed by atoms with van der Waals surface area (Å²) >= 11 is 1.48. The van der Waals surface area contributed by atoms with Gasteiger partial charge in [-0.2, -0.15) is 0 Å². The van der Waals surface area contributed by atoms with Crippen LogP contribution < -0.4 is 4.74 Å². The summed E-state index contributed by atoms with van der Waals surface area (Å²) in [7, 11) is 1.65. The van der Waals surface area contributed by atoms with Crippen molar-refractivity contribution in [3.63, 3.8) is 0 Å². The quantitative estimate of drug-likeness (QED) is 0.477. The highest BCUT2D eigenvalue weighted by Gasteiger charge is 2.20. The molecule has 0 aliphatic carbocycles. The van der Waals surface area contributed by atoms with Crippen molar-refractivity contribution < 1.29 is 9.53 Å². The van der Waals surface area contributed by atoms with Crippen LogP contribution in [-0.4, -0.2) is 33.8 Å². The van der Waals surface area contributed by atoms with Gasteiger partial charge in [-0.25, -0.2) is 4.98 Å². The standard InChI is InChI=1S/C22H21N3O2S/c1-3-24(13-16-8-5-4-6-9-16)21(26)20-15-28-22-23-19(14-25(20)22)17-10-7-11-18(12-17)27-2/h4-12,14-15H,3,13H2,1-2H3. The fraction of sp³-hybridized carbons (Fsp3) is 0.182. The van der Waals surface area contributed by atoms with E-state index in [0.717, 1.165) is 27.5 Å². The van der Waals surface area contributed by atoms with Gasteiger partial charge in [0, 0.05) is 30.2 Å². The Morgan fingerprint density at radius 3 is 2.75 bits per heavy atom. The minimum Gasteiger partial charge on any atom is -0.497 e. The van der Waals surface area contributed by atoms with E-state index in [0.29, 0.717) is 18.8 Å². The molecule has 4 aromatic rings. The highest BCUT2D eigenvalue weighted by Crippen LogP contribution is 2.27. The van der Waals surface area contributed by atoms with E-state index in [9.17, 15) is 4.79 Å². The van der Waals surface area contributed by atoms with E-state index in [1.165, 1.54) is 11.3 Å². The Bertz CT molecular complexity index is 1100. The van der Waals surface area contributed by atoms with E-state index in [-0.39, 0.29) is 5.91 Å².